The van der Waals surface area contributed by atoms with Gasteiger partial charge in [-0.05, 0) is 32.0 Å². The molecule has 1 aromatic heterocycles. The van der Waals surface area contributed by atoms with Gasteiger partial charge in [0.1, 0.15) is 11.9 Å². The summed E-state index contributed by atoms with van der Waals surface area (Å²) in [6, 6.07) is 10.9. The van der Waals surface area contributed by atoms with Crippen LogP contribution in [0.3, 0.4) is 0 Å². The summed E-state index contributed by atoms with van der Waals surface area (Å²) in [7, 11) is 0. The van der Waals surface area contributed by atoms with Crippen molar-refractivity contribution in [3.05, 3.63) is 47.8 Å². The van der Waals surface area contributed by atoms with Gasteiger partial charge in [-0.25, -0.2) is 0 Å². The molecule has 0 saturated heterocycles. The van der Waals surface area contributed by atoms with Crippen LogP contribution in [0.25, 0.3) is 0 Å². The van der Waals surface area contributed by atoms with Crippen LogP contribution in [0.2, 0.25) is 0 Å². The smallest absolute Gasteiger partial charge is 0.314 e. The minimum atomic E-state index is -0.509. The molecule has 0 aliphatic carbocycles. The number of nitrogens with two attached hydrogens (primary N) is 1. The number of para-hydroxylation sites is 1. The van der Waals surface area contributed by atoms with E-state index in [-0.39, 0.29) is 12.4 Å². The second-order valence-electron chi connectivity index (χ2n) is 4.43. The lowest BCUT2D eigenvalue weighted by molar-refractivity contribution is -0.135. The molecule has 1 atom stereocenters. The van der Waals surface area contributed by atoms with E-state index in [4.69, 9.17) is 10.5 Å². The number of benzene rings is 1. The molecule has 0 amide bonds. The molecule has 2 N–H and O–H groups in total. The van der Waals surface area contributed by atoms with E-state index in [0.29, 0.717) is 5.75 Å². The van der Waals surface area contributed by atoms with Crippen molar-refractivity contribution in [3.8, 4) is 5.75 Å². The number of hydrogen-bond acceptors (Lipinski definition) is 4. The van der Waals surface area contributed by atoms with Crippen LogP contribution in [0.1, 0.15) is 24.0 Å². The van der Waals surface area contributed by atoms with Gasteiger partial charge in [-0.3, -0.25) is 9.48 Å². The minimum Gasteiger partial charge on any atom is -0.426 e. The van der Waals surface area contributed by atoms with Crippen molar-refractivity contribution in [2.75, 3.05) is 0 Å². The first kappa shape index (κ1) is 13.3. The molecular weight excluding hydrogens is 242 g/mol. The summed E-state index contributed by atoms with van der Waals surface area (Å²) in [4.78, 5) is 11.8. The Morgan fingerprint density at radius 1 is 1.37 bits per heavy atom. The predicted molar refractivity (Wildman–Crippen MR) is 71.6 cm³/mol. The van der Waals surface area contributed by atoms with Crippen molar-refractivity contribution in [2.45, 2.75) is 26.4 Å². The van der Waals surface area contributed by atoms with Crippen LogP contribution >= 0.6 is 0 Å². The predicted octanol–water partition coefficient (Wildman–Crippen LogP) is 1.95. The molecule has 2 aromatic rings. The summed E-state index contributed by atoms with van der Waals surface area (Å²) < 4.78 is 6.83. The lowest BCUT2D eigenvalue weighted by Gasteiger charge is -2.13. The Hall–Kier alpha value is -2.14. The SMILES string of the molecule is Cc1cc(C)n(C(N)CC(=O)Oc2ccccc2)n1. The Bertz CT molecular complexity index is 563. The fourth-order valence-corrected chi connectivity index (χ4v) is 1.90. The lowest BCUT2D eigenvalue weighted by atomic mass is 10.3. The van der Waals surface area contributed by atoms with Crippen LogP contribution < -0.4 is 10.5 Å². The summed E-state index contributed by atoms with van der Waals surface area (Å²) in [5.74, 6) is 0.152. The fourth-order valence-electron chi connectivity index (χ4n) is 1.90. The molecule has 0 saturated carbocycles. The number of aromatic nitrogens is 2. The number of rotatable bonds is 4. The van der Waals surface area contributed by atoms with Gasteiger partial charge in [0.05, 0.1) is 12.1 Å². The molecule has 0 fully saturated rings. The third-order valence-corrected chi connectivity index (χ3v) is 2.71. The van der Waals surface area contributed by atoms with Gasteiger partial charge >= 0.3 is 5.97 Å². The van der Waals surface area contributed by atoms with E-state index in [2.05, 4.69) is 5.10 Å². The molecule has 1 heterocycles. The van der Waals surface area contributed by atoms with Crippen LogP contribution in [0.15, 0.2) is 36.4 Å². The molecule has 0 aliphatic rings. The van der Waals surface area contributed by atoms with Gasteiger partial charge in [0.15, 0.2) is 0 Å². The number of ether oxygens (including phenoxy) is 1. The Morgan fingerprint density at radius 3 is 2.63 bits per heavy atom. The first-order valence-electron chi connectivity index (χ1n) is 6.10. The average molecular weight is 259 g/mol. The largest absolute Gasteiger partial charge is 0.426 e. The van der Waals surface area contributed by atoms with Crippen molar-refractivity contribution >= 4 is 5.97 Å². The van der Waals surface area contributed by atoms with Gasteiger partial charge in [-0.15, -0.1) is 0 Å². The second kappa shape index (κ2) is 5.67. The van der Waals surface area contributed by atoms with Crippen LogP contribution in [-0.2, 0) is 4.79 Å². The van der Waals surface area contributed by atoms with E-state index in [1.165, 1.54) is 0 Å². The maximum absolute atomic E-state index is 11.8. The molecular formula is C14H17N3O2. The van der Waals surface area contributed by atoms with Crippen molar-refractivity contribution in [2.24, 2.45) is 5.73 Å². The van der Waals surface area contributed by atoms with Gasteiger partial charge in [0, 0.05) is 5.69 Å². The fraction of sp³-hybridized carbons (Fsp3) is 0.286. The number of esters is 1. The number of carbonyl (C=O) groups excluding carboxylic acids is 1. The quantitative estimate of drug-likeness (QED) is 0.673. The summed E-state index contributed by atoms with van der Waals surface area (Å²) in [6.45, 7) is 3.79. The number of aryl methyl sites for hydroxylation is 2. The third-order valence-electron chi connectivity index (χ3n) is 2.71. The zero-order valence-electron chi connectivity index (χ0n) is 11.0. The highest BCUT2D eigenvalue weighted by molar-refractivity contribution is 5.72. The van der Waals surface area contributed by atoms with Crippen molar-refractivity contribution in [3.63, 3.8) is 0 Å². The zero-order valence-corrected chi connectivity index (χ0v) is 11.0. The summed E-state index contributed by atoms with van der Waals surface area (Å²) >= 11 is 0. The van der Waals surface area contributed by atoms with Crippen molar-refractivity contribution in [1.82, 2.24) is 9.78 Å². The standard InChI is InChI=1S/C14H17N3O2/c1-10-8-11(2)17(16-10)13(15)9-14(18)19-12-6-4-3-5-7-12/h3-8,13H,9,15H2,1-2H3. The molecule has 19 heavy (non-hydrogen) atoms. The lowest BCUT2D eigenvalue weighted by Crippen LogP contribution is -2.26. The zero-order chi connectivity index (χ0) is 13.8. The molecule has 2 rings (SSSR count). The highest BCUT2D eigenvalue weighted by Gasteiger charge is 2.15. The Labute approximate surface area is 112 Å². The van der Waals surface area contributed by atoms with E-state index in [9.17, 15) is 4.79 Å². The summed E-state index contributed by atoms with van der Waals surface area (Å²) in [5.41, 5.74) is 7.77. The molecule has 1 unspecified atom stereocenters. The van der Waals surface area contributed by atoms with Crippen LogP contribution in [0.5, 0.6) is 5.75 Å². The summed E-state index contributed by atoms with van der Waals surface area (Å²) in [6.07, 6.45) is -0.429. The van der Waals surface area contributed by atoms with E-state index in [1.54, 1.807) is 16.8 Å². The van der Waals surface area contributed by atoms with Crippen LogP contribution in [0, 0.1) is 13.8 Å². The molecule has 0 aliphatic heterocycles. The number of hydrogen-bond donors (Lipinski definition) is 1. The Kier molecular flexibility index (Phi) is 3.97. The highest BCUT2D eigenvalue weighted by atomic mass is 16.5. The third kappa shape index (κ3) is 3.42. The molecule has 0 bridgehead atoms. The monoisotopic (exact) mass is 259 g/mol. The van der Waals surface area contributed by atoms with Gasteiger partial charge in [-0.1, -0.05) is 18.2 Å². The highest BCUT2D eigenvalue weighted by Crippen LogP contribution is 2.13. The average Bonchev–Trinajstić information content (AvgIpc) is 2.69. The molecule has 5 nitrogen and oxygen atoms in total. The minimum absolute atomic E-state index is 0.0802. The number of nitrogens with zero attached hydrogens (tertiary/aromatic N) is 2. The number of carbonyl (C=O) groups is 1. The van der Waals surface area contributed by atoms with E-state index < -0.39 is 6.17 Å². The second-order valence-corrected chi connectivity index (χ2v) is 4.43. The normalized spacial score (nSPS) is 12.2. The first-order chi connectivity index (χ1) is 9.06. The van der Waals surface area contributed by atoms with E-state index >= 15 is 0 Å². The van der Waals surface area contributed by atoms with Crippen LogP contribution in [-0.4, -0.2) is 15.7 Å². The maximum atomic E-state index is 11.8. The van der Waals surface area contributed by atoms with Crippen molar-refractivity contribution < 1.29 is 9.53 Å². The maximum Gasteiger partial charge on any atom is 0.314 e. The van der Waals surface area contributed by atoms with Crippen LogP contribution in [0.4, 0.5) is 0 Å². The molecule has 0 spiro atoms. The summed E-state index contributed by atoms with van der Waals surface area (Å²) in [5, 5.41) is 4.25. The Morgan fingerprint density at radius 2 is 2.05 bits per heavy atom. The van der Waals surface area contributed by atoms with Gasteiger partial charge in [-0.2, -0.15) is 5.10 Å². The van der Waals surface area contributed by atoms with Gasteiger partial charge < -0.3 is 10.5 Å². The van der Waals surface area contributed by atoms with E-state index in [1.807, 2.05) is 38.1 Å². The first-order valence-corrected chi connectivity index (χ1v) is 6.10. The topological polar surface area (TPSA) is 70.1 Å². The molecule has 100 valence electrons. The van der Waals surface area contributed by atoms with Gasteiger partial charge in [0.25, 0.3) is 0 Å². The Balaban J connectivity index is 1.97. The van der Waals surface area contributed by atoms with Gasteiger partial charge in [0.2, 0.25) is 0 Å². The van der Waals surface area contributed by atoms with E-state index in [0.717, 1.165) is 11.4 Å². The molecule has 1 aromatic carbocycles. The van der Waals surface area contributed by atoms with Crippen molar-refractivity contribution in [1.29, 1.82) is 0 Å². The molecule has 0 radical (unpaired) electrons. The molecule has 5 heteroatoms.